The topological polar surface area (TPSA) is 106 Å². The van der Waals surface area contributed by atoms with Gasteiger partial charge in [0.05, 0.1) is 4.90 Å². The Morgan fingerprint density at radius 1 is 1.13 bits per heavy atom. The van der Waals surface area contributed by atoms with Crippen molar-refractivity contribution in [3.63, 3.8) is 0 Å². The third-order valence-electron chi connectivity index (χ3n) is 5.40. The lowest BCUT2D eigenvalue weighted by atomic mass is 9.99. The fraction of sp³-hybridized carbons (Fsp3) is 0.136. The van der Waals surface area contributed by atoms with Crippen molar-refractivity contribution in [3.05, 3.63) is 59.6 Å². The van der Waals surface area contributed by atoms with Gasteiger partial charge in [-0.15, -0.1) is 11.3 Å². The van der Waals surface area contributed by atoms with Crippen LogP contribution in [0.5, 0.6) is 0 Å². The quantitative estimate of drug-likeness (QED) is 0.393. The van der Waals surface area contributed by atoms with Crippen molar-refractivity contribution < 1.29 is 12.7 Å². The summed E-state index contributed by atoms with van der Waals surface area (Å²) in [6, 6.07) is 13.0. The monoisotopic (exact) mass is 452 g/mol. The standard InChI is InChI=1S/C22H20N4O3S2/c1-24-29-31(27,28)16-5-2-13(3-6-16)17-11-26-22(23)20-18(12-30-21(17)20)14-4-7-19-15(10-14)8-9-25-19/h2-7,10-12,24-25H,8-9H2,1H3,(H2,23,26). The van der Waals surface area contributed by atoms with E-state index in [9.17, 15) is 8.42 Å². The second-order valence-electron chi connectivity index (χ2n) is 7.23. The molecule has 0 saturated carbocycles. The van der Waals surface area contributed by atoms with E-state index in [0.29, 0.717) is 5.82 Å². The first kappa shape index (κ1) is 20.0. The average Bonchev–Trinajstić information content (AvgIpc) is 3.41. The van der Waals surface area contributed by atoms with E-state index >= 15 is 0 Å². The molecule has 7 nitrogen and oxygen atoms in total. The summed E-state index contributed by atoms with van der Waals surface area (Å²) in [6.45, 7) is 0.960. The zero-order valence-corrected chi connectivity index (χ0v) is 18.3. The first-order chi connectivity index (χ1) is 15.0. The molecular weight excluding hydrogens is 432 g/mol. The van der Waals surface area contributed by atoms with E-state index in [1.54, 1.807) is 29.7 Å². The third kappa shape index (κ3) is 3.45. The van der Waals surface area contributed by atoms with E-state index in [1.807, 2.05) is 0 Å². The molecule has 158 valence electrons. The smallest absolute Gasteiger partial charge is 0.312 e. The summed E-state index contributed by atoms with van der Waals surface area (Å²) in [7, 11) is -2.45. The summed E-state index contributed by atoms with van der Waals surface area (Å²) in [5.74, 6) is 0.482. The Balaban J connectivity index is 1.60. The largest absolute Gasteiger partial charge is 0.384 e. The van der Waals surface area contributed by atoms with Gasteiger partial charge in [-0.2, -0.15) is 18.2 Å². The number of nitrogens with one attached hydrogen (secondary N) is 2. The Labute approximate surface area is 184 Å². The van der Waals surface area contributed by atoms with Crippen LogP contribution in [0.1, 0.15) is 5.56 Å². The van der Waals surface area contributed by atoms with Crippen LogP contribution >= 0.6 is 11.3 Å². The summed E-state index contributed by atoms with van der Waals surface area (Å²) in [5.41, 5.74) is 14.9. The zero-order chi connectivity index (χ0) is 21.6. The molecular formula is C22H20N4O3S2. The van der Waals surface area contributed by atoms with Crippen LogP contribution in [0.15, 0.2) is 58.9 Å². The number of pyridine rings is 1. The zero-order valence-electron chi connectivity index (χ0n) is 16.7. The minimum Gasteiger partial charge on any atom is -0.384 e. The fourth-order valence-corrected chi connectivity index (χ4v) is 5.82. The van der Waals surface area contributed by atoms with Gasteiger partial charge in [0.2, 0.25) is 0 Å². The van der Waals surface area contributed by atoms with Crippen LogP contribution in [0.4, 0.5) is 11.5 Å². The molecule has 5 rings (SSSR count). The number of aromatic nitrogens is 1. The Hall–Kier alpha value is -2.98. The van der Waals surface area contributed by atoms with Crippen molar-refractivity contribution in [2.45, 2.75) is 11.3 Å². The van der Waals surface area contributed by atoms with Gasteiger partial charge in [-0.3, -0.25) is 0 Å². The van der Waals surface area contributed by atoms with E-state index in [1.165, 1.54) is 30.4 Å². The average molecular weight is 453 g/mol. The molecule has 0 aliphatic carbocycles. The number of nitrogens with zero attached hydrogens (tertiary/aromatic N) is 1. The molecule has 0 atom stereocenters. The minimum atomic E-state index is -3.84. The summed E-state index contributed by atoms with van der Waals surface area (Å²) in [6.07, 6.45) is 2.74. The molecule has 0 spiro atoms. The maximum atomic E-state index is 12.1. The lowest BCUT2D eigenvalue weighted by Crippen LogP contribution is -2.15. The number of hydrogen-bond donors (Lipinski definition) is 3. The van der Waals surface area contributed by atoms with Crippen LogP contribution in [0, 0.1) is 0 Å². The Morgan fingerprint density at radius 2 is 1.90 bits per heavy atom. The van der Waals surface area contributed by atoms with Crippen LogP contribution in [0.2, 0.25) is 0 Å². The van der Waals surface area contributed by atoms with Crippen molar-refractivity contribution in [1.29, 1.82) is 0 Å². The van der Waals surface area contributed by atoms with Crippen molar-refractivity contribution >= 4 is 43.0 Å². The molecule has 31 heavy (non-hydrogen) atoms. The second-order valence-corrected chi connectivity index (χ2v) is 9.65. The molecule has 0 fully saturated rings. The molecule has 1 aliphatic heterocycles. The van der Waals surface area contributed by atoms with Gasteiger partial charge in [-0.05, 0) is 52.8 Å². The van der Waals surface area contributed by atoms with E-state index in [-0.39, 0.29) is 4.90 Å². The summed E-state index contributed by atoms with van der Waals surface area (Å²) in [4.78, 5) is 4.51. The highest BCUT2D eigenvalue weighted by Crippen LogP contribution is 2.42. The fourth-order valence-electron chi connectivity index (χ4n) is 3.92. The highest BCUT2D eigenvalue weighted by Gasteiger charge is 2.19. The van der Waals surface area contributed by atoms with Gasteiger partial charge in [-0.1, -0.05) is 18.2 Å². The SMILES string of the molecule is CNOS(=O)(=O)c1ccc(-c2cnc(N)c3c(-c4ccc5c(c4)CCN5)csc23)cc1. The van der Waals surface area contributed by atoms with E-state index in [0.717, 1.165) is 45.3 Å². The first-order valence-electron chi connectivity index (χ1n) is 9.71. The highest BCUT2D eigenvalue weighted by molar-refractivity contribution is 7.86. The van der Waals surface area contributed by atoms with Crippen molar-refractivity contribution in [2.75, 3.05) is 24.6 Å². The predicted octanol–water partition coefficient (Wildman–Crippen LogP) is 4.02. The Bertz CT molecular complexity index is 1400. The van der Waals surface area contributed by atoms with Crippen LogP contribution < -0.4 is 16.5 Å². The highest BCUT2D eigenvalue weighted by atomic mass is 32.2. The molecule has 1 aliphatic rings. The number of benzene rings is 2. The Kier molecular flexibility index (Phi) is 4.90. The molecule has 2 aromatic carbocycles. The van der Waals surface area contributed by atoms with Gasteiger partial charge in [0.25, 0.3) is 0 Å². The second kappa shape index (κ2) is 7.61. The summed E-state index contributed by atoms with van der Waals surface area (Å²) < 4.78 is 29.8. The maximum absolute atomic E-state index is 12.1. The van der Waals surface area contributed by atoms with Gasteiger partial charge in [0.1, 0.15) is 5.82 Å². The van der Waals surface area contributed by atoms with Crippen molar-refractivity contribution in [1.82, 2.24) is 10.5 Å². The van der Waals surface area contributed by atoms with Crippen LogP contribution in [0.3, 0.4) is 0 Å². The number of anilines is 2. The van der Waals surface area contributed by atoms with Gasteiger partial charge in [0, 0.05) is 46.7 Å². The Morgan fingerprint density at radius 3 is 2.68 bits per heavy atom. The molecule has 2 aromatic heterocycles. The van der Waals surface area contributed by atoms with Gasteiger partial charge in [0.15, 0.2) is 0 Å². The molecule has 4 N–H and O–H groups in total. The molecule has 0 amide bonds. The third-order valence-corrected chi connectivity index (χ3v) is 7.65. The van der Waals surface area contributed by atoms with Crippen LogP contribution in [0.25, 0.3) is 32.3 Å². The summed E-state index contributed by atoms with van der Waals surface area (Å²) in [5, 5.41) is 6.41. The summed E-state index contributed by atoms with van der Waals surface area (Å²) >= 11 is 1.61. The van der Waals surface area contributed by atoms with Crippen LogP contribution in [-0.4, -0.2) is 27.0 Å². The van der Waals surface area contributed by atoms with Crippen molar-refractivity contribution in [2.24, 2.45) is 0 Å². The van der Waals surface area contributed by atoms with Crippen molar-refractivity contribution in [3.8, 4) is 22.3 Å². The number of rotatable bonds is 5. The molecule has 0 bridgehead atoms. The number of hydroxylamine groups is 1. The minimum absolute atomic E-state index is 0.0730. The van der Waals surface area contributed by atoms with Gasteiger partial charge < -0.3 is 11.1 Å². The number of thiophene rings is 1. The number of nitrogen functional groups attached to an aromatic ring is 1. The predicted molar refractivity (Wildman–Crippen MR) is 124 cm³/mol. The van der Waals surface area contributed by atoms with Crippen LogP contribution in [-0.2, 0) is 20.8 Å². The number of nitrogens with two attached hydrogens (primary N) is 1. The number of hydrogen-bond acceptors (Lipinski definition) is 8. The lowest BCUT2D eigenvalue weighted by molar-refractivity contribution is 0.231. The first-order valence-corrected chi connectivity index (χ1v) is 12.0. The van der Waals surface area contributed by atoms with E-state index < -0.39 is 10.1 Å². The normalized spacial score (nSPS) is 13.3. The molecule has 0 unspecified atom stereocenters. The number of fused-ring (bicyclic) bond motifs is 2. The van der Waals surface area contributed by atoms with Gasteiger partial charge in [-0.25, -0.2) is 4.98 Å². The lowest BCUT2D eigenvalue weighted by Gasteiger charge is -2.09. The molecule has 3 heterocycles. The van der Waals surface area contributed by atoms with Gasteiger partial charge >= 0.3 is 10.1 Å². The molecule has 9 heteroatoms. The molecule has 0 saturated heterocycles. The maximum Gasteiger partial charge on any atom is 0.312 e. The van der Waals surface area contributed by atoms with E-state index in [4.69, 9.17) is 5.73 Å². The van der Waals surface area contributed by atoms with E-state index in [2.05, 4.69) is 43.6 Å². The molecule has 0 radical (unpaired) electrons. The molecule has 4 aromatic rings.